The summed E-state index contributed by atoms with van der Waals surface area (Å²) in [6.07, 6.45) is 2.91. The second kappa shape index (κ2) is 7.69. The number of hydrogen-bond donors (Lipinski definition) is 4. The molecule has 0 rings (SSSR count). The van der Waals surface area contributed by atoms with Gasteiger partial charge in [0, 0.05) is 12.6 Å². The van der Waals surface area contributed by atoms with Crippen LogP contribution >= 0.6 is 0 Å². The van der Waals surface area contributed by atoms with Crippen molar-refractivity contribution in [2.75, 3.05) is 6.54 Å². The van der Waals surface area contributed by atoms with Crippen LogP contribution in [0.5, 0.6) is 0 Å². The predicted molar refractivity (Wildman–Crippen MR) is 64.0 cm³/mol. The minimum Gasteiger partial charge on any atom is -0.350 e. The summed E-state index contributed by atoms with van der Waals surface area (Å²) in [5, 5.41) is 1.99. The smallest absolute Gasteiger partial charge is 0.329 e. The first-order valence-corrected chi connectivity index (χ1v) is 5.55. The maximum absolute atomic E-state index is 10.9. The van der Waals surface area contributed by atoms with Crippen LogP contribution in [0.2, 0.25) is 0 Å². The van der Waals surface area contributed by atoms with E-state index in [0.29, 0.717) is 19.4 Å². The third kappa shape index (κ3) is 5.93. The second-order valence-corrected chi connectivity index (χ2v) is 3.83. The highest BCUT2D eigenvalue weighted by molar-refractivity contribution is 5.71. The summed E-state index contributed by atoms with van der Waals surface area (Å²) in [6, 6.07) is -1.39. The Morgan fingerprint density at radius 2 is 1.71 bits per heavy atom. The van der Waals surface area contributed by atoms with Gasteiger partial charge in [-0.25, -0.2) is 21.3 Å². The average Bonchev–Trinajstić information content (AvgIpc) is 2.27. The van der Waals surface area contributed by atoms with Crippen LogP contribution in [0, 0.1) is 0 Å². The summed E-state index contributed by atoms with van der Waals surface area (Å²) in [4.78, 5) is 21.5. The Labute approximate surface area is 101 Å². The fourth-order valence-corrected chi connectivity index (χ4v) is 1.49. The molecular weight excluding hydrogens is 224 g/mol. The minimum atomic E-state index is -0.658. The Morgan fingerprint density at radius 1 is 1.12 bits per heavy atom. The fourth-order valence-electron chi connectivity index (χ4n) is 1.49. The number of amides is 4. The van der Waals surface area contributed by atoms with Gasteiger partial charge in [0.1, 0.15) is 0 Å². The fraction of sp³-hybridized carbons (Fsp3) is 0.778. The topological polar surface area (TPSA) is 145 Å². The molecule has 1 atom stereocenters. The van der Waals surface area contributed by atoms with E-state index in [1.165, 1.54) is 0 Å². The van der Waals surface area contributed by atoms with Gasteiger partial charge in [0.2, 0.25) is 0 Å². The quantitative estimate of drug-likeness (QED) is 0.206. The molecule has 0 aliphatic rings. The van der Waals surface area contributed by atoms with Crippen LogP contribution in [0.1, 0.15) is 32.6 Å². The molecule has 0 fully saturated rings. The Kier molecular flexibility index (Phi) is 6.99. The van der Waals surface area contributed by atoms with Crippen molar-refractivity contribution < 1.29 is 9.59 Å². The van der Waals surface area contributed by atoms with Gasteiger partial charge < -0.3 is 11.5 Å². The molecule has 0 saturated heterocycles. The van der Waals surface area contributed by atoms with E-state index in [4.69, 9.17) is 23.2 Å². The van der Waals surface area contributed by atoms with Crippen LogP contribution in [-0.2, 0) is 0 Å². The number of nitrogens with two attached hydrogens (primary N) is 4. The average molecular weight is 246 g/mol. The lowest BCUT2D eigenvalue weighted by atomic mass is 10.1. The first-order valence-electron chi connectivity index (χ1n) is 5.55. The van der Waals surface area contributed by atoms with E-state index in [0.717, 1.165) is 22.9 Å². The third-order valence-corrected chi connectivity index (χ3v) is 2.59. The molecule has 4 amide bonds. The summed E-state index contributed by atoms with van der Waals surface area (Å²) in [5.41, 5.74) is 10.0. The molecule has 0 aliphatic heterocycles. The van der Waals surface area contributed by atoms with Crippen LogP contribution in [0.4, 0.5) is 9.59 Å². The van der Waals surface area contributed by atoms with Gasteiger partial charge in [0.15, 0.2) is 0 Å². The van der Waals surface area contributed by atoms with E-state index in [9.17, 15) is 9.59 Å². The molecule has 0 aromatic heterocycles. The van der Waals surface area contributed by atoms with Crippen LogP contribution in [0.3, 0.4) is 0 Å². The molecule has 17 heavy (non-hydrogen) atoms. The molecular formula is C9H22N6O2. The molecule has 0 saturated carbocycles. The van der Waals surface area contributed by atoms with Crippen LogP contribution < -0.4 is 23.2 Å². The summed E-state index contributed by atoms with van der Waals surface area (Å²) in [7, 11) is 0. The van der Waals surface area contributed by atoms with Crippen LogP contribution in [0.15, 0.2) is 0 Å². The lowest BCUT2D eigenvalue weighted by Gasteiger charge is -2.24. The van der Waals surface area contributed by atoms with Gasteiger partial charge in [-0.05, 0) is 25.7 Å². The van der Waals surface area contributed by atoms with Gasteiger partial charge in [-0.3, -0.25) is 10.0 Å². The van der Waals surface area contributed by atoms with E-state index in [2.05, 4.69) is 0 Å². The molecule has 8 heteroatoms. The molecule has 0 spiro atoms. The first kappa shape index (κ1) is 15.5. The zero-order chi connectivity index (χ0) is 13.4. The third-order valence-electron chi connectivity index (χ3n) is 2.59. The number of urea groups is 2. The summed E-state index contributed by atoms with van der Waals surface area (Å²) in [5.74, 6) is 10.8. The molecule has 8 N–H and O–H groups in total. The minimum absolute atomic E-state index is 0.0905. The van der Waals surface area contributed by atoms with Crippen molar-refractivity contribution in [1.82, 2.24) is 10.0 Å². The van der Waals surface area contributed by atoms with Crippen LogP contribution in [0.25, 0.3) is 0 Å². The molecule has 0 radical (unpaired) electrons. The highest BCUT2D eigenvalue weighted by Gasteiger charge is 2.16. The van der Waals surface area contributed by atoms with E-state index in [1.807, 2.05) is 6.92 Å². The van der Waals surface area contributed by atoms with Crippen molar-refractivity contribution in [2.24, 2.45) is 23.2 Å². The Morgan fingerprint density at radius 3 is 2.12 bits per heavy atom. The number of hydrogen-bond acceptors (Lipinski definition) is 4. The maximum atomic E-state index is 10.9. The van der Waals surface area contributed by atoms with Gasteiger partial charge in [0.05, 0.1) is 0 Å². The SMILES string of the molecule is CCC(CCCCN(N)C(N)=O)N(N)C(N)=O. The number of unbranched alkanes of at least 4 members (excludes halogenated alkanes) is 1. The summed E-state index contributed by atoms with van der Waals surface area (Å²) < 4.78 is 0. The lowest BCUT2D eigenvalue weighted by Crippen LogP contribution is -2.48. The lowest BCUT2D eigenvalue weighted by molar-refractivity contribution is 0.176. The van der Waals surface area contributed by atoms with E-state index >= 15 is 0 Å². The van der Waals surface area contributed by atoms with E-state index < -0.39 is 12.1 Å². The molecule has 0 aromatic rings. The zero-order valence-corrected chi connectivity index (χ0v) is 10.1. The molecule has 0 heterocycles. The highest BCUT2D eigenvalue weighted by atomic mass is 16.2. The largest absolute Gasteiger partial charge is 0.350 e. The number of carbonyl (C=O) groups excluding carboxylic acids is 2. The zero-order valence-electron chi connectivity index (χ0n) is 10.1. The van der Waals surface area contributed by atoms with Crippen LogP contribution in [-0.4, -0.2) is 34.7 Å². The second-order valence-electron chi connectivity index (χ2n) is 3.83. The molecule has 1 unspecified atom stereocenters. The Bertz CT molecular complexity index is 260. The highest BCUT2D eigenvalue weighted by Crippen LogP contribution is 2.09. The molecule has 0 aromatic carbocycles. The number of nitrogens with zero attached hydrogens (tertiary/aromatic N) is 2. The van der Waals surface area contributed by atoms with E-state index in [1.54, 1.807) is 0 Å². The predicted octanol–water partition coefficient (Wildman–Crippen LogP) is -0.556. The standard InChI is InChI=1S/C9H22N6O2/c1-2-7(15(13)9(11)17)5-3-4-6-14(12)8(10)16/h7H,2-6,12-13H2,1H3,(H2,10,16)(H2,11,17). The van der Waals surface area contributed by atoms with Crippen molar-refractivity contribution in [3.8, 4) is 0 Å². The van der Waals surface area contributed by atoms with Gasteiger partial charge in [-0.2, -0.15) is 0 Å². The molecule has 100 valence electrons. The normalized spacial score (nSPS) is 11.9. The van der Waals surface area contributed by atoms with E-state index in [-0.39, 0.29) is 6.04 Å². The first-order chi connectivity index (χ1) is 7.90. The molecule has 0 bridgehead atoms. The van der Waals surface area contributed by atoms with Crippen molar-refractivity contribution in [2.45, 2.75) is 38.6 Å². The van der Waals surface area contributed by atoms with Crippen molar-refractivity contribution >= 4 is 12.1 Å². The van der Waals surface area contributed by atoms with Gasteiger partial charge in [-0.1, -0.05) is 6.92 Å². The summed E-state index contributed by atoms with van der Waals surface area (Å²) in [6.45, 7) is 2.30. The Balaban J connectivity index is 3.85. The number of carbonyl (C=O) groups is 2. The number of rotatable bonds is 7. The van der Waals surface area contributed by atoms with Crippen molar-refractivity contribution in [3.05, 3.63) is 0 Å². The van der Waals surface area contributed by atoms with Crippen molar-refractivity contribution in [1.29, 1.82) is 0 Å². The molecule has 8 nitrogen and oxygen atoms in total. The van der Waals surface area contributed by atoms with Gasteiger partial charge in [0.25, 0.3) is 0 Å². The molecule has 0 aliphatic carbocycles. The van der Waals surface area contributed by atoms with Gasteiger partial charge in [-0.15, -0.1) is 0 Å². The number of hydrazine groups is 2. The Hall–Kier alpha value is -1.54. The maximum Gasteiger partial charge on any atom is 0.329 e. The monoisotopic (exact) mass is 246 g/mol. The number of primary amides is 2. The summed E-state index contributed by atoms with van der Waals surface area (Å²) >= 11 is 0. The van der Waals surface area contributed by atoms with Crippen molar-refractivity contribution in [3.63, 3.8) is 0 Å². The van der Waals surface area contributed by atoms with Gasteiger partial charge >= 0.3 is 12.1 Å².